The number of esters is 1. The van der Waals surface area contributed by atoms with Crippen LogP contribution in [0.15, 0.2) is 11.6 Å². The molecule has 0 aliphatic rings. The Morgan fingerprint density at radius 1 is 1.38 bits per heavy atom. The van der Waals surface area contributed by atoms with Gasteiger partial charge in [0.15, 0.2) is 0 Å². The number of rotatable bonds is 7. The minimum atomic E-state index is -0.218. The van der Waals surface area contributed by atoms with E-state index in [-0.39, 0.29) is 5.97 Å². The molecule has 0 bridgehead atoms. The molecule has 0 atom stereocenters. The van der Waals surface area contributed by atoms with E-state index in [1.807, 2.05) is 6.08 Å². The van der Waals surface area contributed by atoms with E-state index in [1.165, 1.54) is 25.3 Å². The van der Waals surface area contributed by atoms with Crippen molar-refractivity contribution in [2.24, 2.45) is 5.41 Å². The van der Waals surface area contributed by atoms with Gasteiger partial charge in [0.2, 0.25) is 0 Å². The number of carbonyl (C=O) groups excluding carboxylic acids is 1. The lowest BCUT2D eigenvalue weighted by Gasteiger charge is -2.21. The molecule has 0 unspecified atom stereocenters. The highest BCUT2D eigenvalue weighted by Gasteiger charge is 2.14. The fourth-order valence-corrected chi connectivity index (χ4v) is 1.60. The molecule has 2 nitrogen and oxygen atoms in total. The molecule has 94 valence electrons. The summed E-state index contributed by atoms with van der Waals surface area (Å²) in [6, 6.07) is 0. The summed E-state index contributed by atoms with van der Waals surface area (Å²) < 4.78 is 4.86. The van der Waals surface area contributed by atoms with Gasteiger partial charge in [0.25, 0.3) is 0 Å². The van der Waals surface area contributed by atoms with Crippen molar-refractivity contribution in [3.05, 3.63) is 11.6 Å². The minimum Gasteiger partial charge on any atom is -0.462 e. The van der Waals surface area contributed by atoms with E-state index in [1.54, 1.807) is 0 Å². The van der Waals surface area contributed by atoms with Crippen LogP contribution in [0.2, 0.25) is 0 Å². The summed E-state index contributed by atoms with van der Waals surface area (Å²) in [5.74, 6) is -0.218. The van der Waals surface area contributed by atoms with Crippen LogP contribution in [-0.4, -0.2) is 17.9 Å². The molecule has 0 spiro atoms. The predicted molar refractivity (Wildman–Crippen MR) is 71.8 cm³/mol. The van der Waals surface area contributed by atoms with Crippen LogP contribution in [0.5, 0.6) is 0 Å². The van der Waals surface area contributed by atoms with Crippen LogP contribution in [0.4, 0.5) is 0 Å². The summed E-state index contributed by atoms with van der Waals surface area (Å²) in [6.45, 7) is 8.45. The number of carbonyl (C=O) groups is 1. The normalized spacial score (nSPS) is 12.7. The van der Waals surface area contributed by atoms with Crippen LogP contribution in [0.1, 0.15) is 47.0 Å². The fraction of sp³-hybridized carbons (Fsp3) is 0.769. The topological polar surface area (TPSA) is 26.3 Å². The number of hydrogen-bond donors (Lipinski definition) is 0. The largest absolute Gasteiger partial charge is 0.462 e. The molecule has 0 saturated heterocycles. The van der Waals surface area contributed by atoms with Crippen molar-refractivity contribution in [1.82, 2.24) is 0 Å². The Morgan fingerprint density at radius 3 is 2.50 bits per heavy atom. The molecule has 0 aliphatic heterocycles. The molecule has 0 aliphatic carbocycles. The average Bonchev–Trinajstić information content (AvgIpc) is 2.17. The number of alkyl halides is 1. The second-order valence-electron chi connectivity index (χ2n) is 5.00. The molecular formula is C13H23BrO2. The van der Waals surface area contributed by atoms with Gasteiger partial charge in [-0.1, -0.05) is 35.4 Å². The molecule has 0 aromatic rings. The molecule has 0 N–H and O–H groups in total. The Bertz CT molecular complexity index is 244. The molecule has 0 aromatic carbocycles. The Morgan fingerprint density at radius 2 is 2.00 bits per heavy atom. The molecule has 16 heavy (non-hydrogen) atoms. The van der Waals surface area contributed by atoms with Crippen LogP contribution in [0, 0.1) is 5.41 Å². The van der Waals surface area contributed by atoms with E-state index in [4.69, 9.17) is 4.74 Å². The highest BCUT2D eigenvalue weighted by Crippen LogP contribution is 2.26. The number of halogens is 1. The summed E-state index contributed by atoms with van der Waals surface area (Å²) in [6.07, 6.45) is 5.46. The quantitative estimate of drug-likeness (QED) is 0.401. The summed E-state index contributed by atoms with van der Waals surface area (Å²) in [5.41, 5.74) is 1.67. The van der Waals surface area contributed by atoms with Crippen molar-refractivity contribution in [2.75, 3.05) is 11.9 Å². The Balaban J connectivity index is 3.72. The van der Waals surface area contributed by atoms with Gasteiger partial charge in [0, 0.05) is 12.3 Å². The first-order valence-corrected chi connectivity index (χ1v) is 6.84. The van der Waals surface area contributed by atoms with Gasteiger partial charge in [-0.25, -0.2) is 0 Å². The third kappa shape index (κ3) is 8.96. The Labute approximate surface area is 108 Å². The third-order valence-corrected chi connectivity index (χ3v) is 4.02. The van der Waals surface area contributed by atoms with Crippen LogP contribution in [0.25, 0.3) is 0 Å². The lowest BCUT2D eigenvalue weighted by molar-refractivity contribution is -0.139. The van der Waals surface area contributed by atoms with Gasteiger partial charge in [-0.05, 0) is 37.7 Å². The zero-order valence-electron chi connectivity index (χ0n) is 10.8. The molecular weight excluding hydrogens is 268 g/mol. The van der Waals surface area contributed by atoms with E-state index in [0.717, 1.165) is 11.8 Å². The Kier molecular flexibility index (Phi) is 7.73. The summed E-state index contributed by atoms with van der Waals surface area (Å²) in [4.78, 5) is 10.6. The second kappa shape index (κ2) is 7.88. The van der Waals surface area contributed by atoms with Crippen LogP contribution in [-0.2, 0) is 9.53 Å². The minimum absolute atomic E-state index is 0.218. The first-order valence-electron chi connectivity index (χ1n) is 5.72. The standard InChI is InChI=1S/C13H23BrO2/c1-11(7-9-16-12(2)15)6-5-8-13(3,4)10-14/h7H,5-6,8-10H2,1-4H3/b11-7+. The first-order chi connectivity index (χ1) is 7.37. The van der Waals surface area contributed by atoms with Gasteiger partial charge in [0.05, 0.1) is 0 Å². The first kappa shape index (κ1) is 15.7. The maximum absolute atomic E-state index is 10.6. The molecule has 0 radical (unpaired) electrons. The second-order valence-corrected chi connectivity index (χ2v) is 5.57. The van der Waals surface area contributed by atoms with Crippen LogP contribution >= 0.6 is 15.9 Å². The van der Waals surface area contributed by atoms with Gasteiger partial charge in [0.1, 0.15) is 6.61 Å². The SMILES string of the molecule is CC(=O)OC/C=C(\C)CCCC(C)(C)CBr. The maximum atomic E-state index is 10.6. The van der Waals surface area contributed by atoms with Crippen molar-refractivity contribution >= 4 is 21.9 Å². The van der Waals surface area contributed by atoms with Crippen molar-refractivity contribution in [1.29, 1.82) is 0 Å². The molecule has 0 saturated carbocycles. The lowest BCUT2D eigenvalue weighted by Crippen LogP contribution is -2.12. The molecule has 0 rings (SSSR count). The molecule has 0 amide bonds. The number of hydrogen-bond acceptors (Lipinski definition) is 2. The lowest BCUT2D eigenvalue weighted by atomic mass is 9.89. The zero-order valence-corrected chi connectivity index (χ0v) is 12.4. The van der Waals surface area contributed by atoms with E-state index >= 15 is 0 Å². The van der Waals surface area contributed by atoms with Crippen LogP contribution < -0.4 is 0 Å². The van der Waals surface area contributed by atoms with Crippen molar-refractivity contribution in [3.8, 4) is 0 Å². The van der Waals surface area contributed by atoms with Gasteiger partial charge < -0.3 is 4.74 Å². The van der Waals surface area contributed by atoms with Crippen molar-refractivity contribution < 1.29 is 9.53 Å². The van der Waals surface area contributed by atoms with Crippen molar-refractivity contribution in [2.45, 2.75) is 47.0 Å². The fourth-order valence-electron chi connectivity index (χ4n) is 1.32. The van der Waals surface area contributed by atoms with Gasteiger partial charge >= 0.3 is 5.97 Å². The molecule has 0 aromatic heterocycles. The van der Waals surface area contributed by atoms with Crippen LogP contribution in [0.3, 0.4) is 0 Å². The van der Waals surface area contributed by atoms with E-state index in [9.17, 15) is 4.79 Å². The van der Waals surface area contributed by atoms with Gasteiger partial charge in [-0.2, -0.15) is 0 Å². The van der Waals surface area contributed by atoms with E-state index in [0.29, 0.717) is 12.0 Å². The van der Waals surface area contributed by atoms with Gasteiger partial charge in [-0.15, -0.1) is 0 Å². The molecule has 3 heteroatoms. The highest BCUT2D eigenvalue weighted by atomic mass is 79.9. The van der Waals surface area contributed by atoms with Gasteiger partial charge in [-0.3, -0.25) is 4.79 Å². The smallest absolute Gasteiger partial charge is 0.302 e. The third-order valence-electron chi connectivity index (χ3n) is 2.50. The summed E-state index contributed by atoms with van der Waals surface area (Å²) >= 11 is 3.52. The average molecular weight is 291 g/mol. The molecule has 0 heterocycles. The van der Waals surface area contributed by atoms with E-state index < -0.39 is 0 Å². The van der Waals surface area contributed by atoms with Crippen molar-refractivity contribution in [3.63, 3.8) is 0 Å². The summed E-state index contributed by atoms with van der Waals surface area (Å²) in [7, 11) is 0. The predicted octanol–water partition coefficient (Wildman–Crippen LogP) is 4.09. The monoisotopic (exact) mass is 290 g/mol. The number of ether oxygens (including phenoxy) is 1. The maximum Gasteiger partial charge on any atom is 0.302 e. The van der Waals surface area contributed by atoms with E-state index in [2.05, 4.69) is 36.7 Å². The number of allylic oxidation sites excluding steroid dienone is 1. The Hall–Kier alpha value is -0.310. The zero-order chi connectivity index (χ0) is 12.6. The summed E-state index contributed by atoms with van der Waals surface area (Å²) in [5, 5.41) is 1.04. The molecule has 0 fully saturated rings. The highest BCUT2D eigenvalue weighted by molar-refractivity contribution is 9.09.